The van der Waals surface area contributed by atoms with Crippen molar-refractivity contribution in [2.24, 2.45) is 0 Å². The number of carbonyl (C=O) groups is 1. The van der Waals surface area contributed by atoms with Gasteiger partial charge < -0.3 is 15.4 Å². The van der Waals surface area contributed by atoms with Gasteiger partial charge in [-0.2, -0.15) is 0 Å². The van der Waals surface area contributed by atoms with Crippen molar-refractivity contribution in [2.75, 3.05) is 25.5 Å². The van der Waals surface area contributed by atoms with Gasteiger partial charge in [0, 0.05) is 30.2 Å². The van der Waals surface area contributed by atoms with Crippen molar-refractivity contribution in [2.45, 2.75) is 19.8 Å². The van der Waals surface area contributed by atoms with E-state index in [9.17, 15) is 4.79 Å². The number of hydrogen-bond acceptors (Lipinski definition) is 3. The molecule has 0 atom stereocenters. The topological polar surface area (TPSA) is 50.4 Å². The molecular weight excluding hydrogens is 324 g/mol. The first kappa shape index (κ1) is 18.1. The molecule has 0 heterocycles. The van der Waals surface area contributed by atoms with Gasteiger partial charge in [0.15, 0.2) is 0 Å². The molecule has 0 aliphatic heterocycles. The van der Waals surface area contributed by atoms with E-state index in [4.69, 9.17) is 16.3 Å². The maximum atomic E-state index is 11.9. The van der Waals surface area contributed by atoms with Crippen molar-refractivity contribution in [3.63, 3.8) is 0 Å². The number of anilines is 1. The van der Waals surface area contributed by atoms with E-state index in [0.29, 0.717) is 24.5 Å². The molecule has 1 amide bonds. The molecule has 0 bridgehead atoms. The van der Waals surface area contributed by atoms with Crippen LogP contribution in [0.2, 0.25) is 5.02 Å². The molecule has 2 N–H and O–H groups in total. The Morgan fingerprint density at radius 2 is 1.96 bits per heavy atom. The van der Waals surface area contributed by atoms with E-state index in [1.165, 1.54) is 0 Å². The summed E-state index contributed by atoms with van der Waals surface area (Å²) in [6.07, 6.45) is 1.17. The summed E-state index contributed by atoms with van der Waals surface area (Å²) < 4.78 is 5.30. The van der Waals surface area contributed by atoms with E-state index in [1.54, 1.807) is 7.11 Å². The summed E-state index contributed by atoms with van der Waals surface area (Å²) in [6, 6.07) is 13.5. The van der Waals surface area contributed by atoms with E-state index < -0.39 is 0 Å². The standard InChI is InChI=1S/C19H23ClN2O2/c1-14-13-16(20)7-8-17(14)21-12-10-19(23)22-11-9-15-5-3-4-6-18(15)24-2/h3-8,13,21H,9-12H2,1-2H3,(H,22,23). The van der Waals surface area contributed by atoms with Crippen LogP contribution < -0.4 is 15.4 Å². The number of nitrogens with one attached hydrogen (secondary N) is 2. The van der Waals surface area contributed by atoms with Gasteiger partial charge in [0.2, 0.25) is 5.91 Å². The van der Waals surface area contributed by atoms with E-state index in [2.05, 4.69) is 10.6 Å². The van der Waals surface area contributed by atoms with Crippen molar-refractivity contribution in [1.29, 1.82) is 0 Å². The highest BCUT2D eigenvalue weighted by atomic mass is 35.5. The molecule has 2 aromatic carbocycles. The van der Waals surface area contributed by atoms with Gasteiger partial charge in [-0.1, -0.05) is 29.8 Å². The van der Waals surface area contributed by atoms with Crippen LogP contribution in [0, 0.1) is 6.92 Å². The fourth-order valence-electron chi connectivity index (χ4n) is 2.47. The number of ether oxygens (including phenoxy) is 1. The first-order chi connectivity index (χ1) is 11.6. The Labute approximate surface area is 148 Å². The Bertz CT molecular complexity index is 689. The average Bonchev–Trinajstić information content (AvgIpc) is 2.57. The lowest BCUT2D eigenvalue weighted by molar-refractivity contribution is -0.120. The fraction of sp³-hybridized carbons (Fsp3) is 0.316. The van der Waals surface area contributed by atoms with E-state index in [1.807, 2.05) is 49.4 Å². The van der Waals surface area contributed by atoms with Crippen molar-refractivity contribution >= 4 is 23.2 Å². The summed E-state index contributed by atoms with van der Waals surface area (Å²) in [7, 11) is 1.65. The molecule has 2 rings (SSSR count). The molecule has 0 aliphatic rings. The van der Waals surface area contributed by atoms with Crippen LogP contribution in [0.4, 0.5) is 5.69 Å². The summed E-state index contributed by atoms with van der Waals surface area (Å²) in [5.41, 5.74) is 3.16. The van der Waals surface area contributed by atoms with Crippen LogP contribution in [0.25, 0.3) is 0 Å². The normalized spacial score (nSPS) is 10.3. The van der Waals surface area contributed by atoms with Crippen LogP contribution in [0.1, 0.15) is 17.5 Å². The van der Waals surface area contributed by atoms with Crippen LogP contribution in [-0.2, 0) is 11.2 Å². The molecule has 24 heavy (non-hydrogen) atoms. The van der Waals surface area contributed by atoms with Crippen LogP contribution in [0.15, 0.2) is 42.5 Å². The number of rotatable bonds is 8. The zero-order valence-corrected chi connectivity index (χ0v) is 14.8. The quantitative estimate of drug-likeness (QED) is 0.764. The molecule has 128 valence electrons. The lowest BCUT2D eigenvalue weighted by Gasteiger charge is -2.11. The Hall–Kier alpha value is -2.20. The second-order valence-corrected chi connectivity index (χ2v) is 5.98. The van der Waals surface area contributed by atoms with Crippen LogP contribution in [0.5, 0.6) is 5.75 Å². The third kappa shape index (κ3) is 5.46. The van der Waals surface area contributed by atoms with Crippen LogP contribution in [-0.4, -0.2) is 26.1 Å². The minimum atomic E-state index is 0.0315. The zero-order chi connectivity index (χ0) is 17.4. The summed E-state index contributed by atoms with van der Waals surface area (Å²) in [5, 5.41) is 6.91. The van der Waals surface area contributed by atoms with Gasteiger partial charge in [-0.05, 0) is 48.7 Å². The molecule has 0 radical (unpaired) electrons. The van der Waals surface area contributed by atoms with E-state index >= 15 is 0 Å². The second-order valence-electron chi connectivity index (χ2n) is 5.55. The first-order valence-electron chi connectivity index (χ1n) is 7.99. The minimum absolute atomic E-state index is 0.0315. The van der Waals surface area contributed by atoms with Gasteiger partial charge in [0.25, 0.3) is 0 Å². The number of benzene rings is 2. The summed E-state index contributed by atoms with van der Waals surface area (Å²) in [4.78, 5) is 11.9. The Morgan fingerprint density at radius 3 is 2.71 bits per heavy atom. The smallest absolute Gasteiger partial charge is 0.221 e. The zero-order valence-electron chi connectivity index (χ0n) is 14.1. The third-order valence-electron chi connectivity index (χ3n) is 3.76. The second kappa shape index (κ2) is 9.18. The van der Waals surface area contributed by atoms with Gasteiger partial charge in [0.05, 0.1) is 7.11 Å². The number of carbonyl (C=O) groups excluding carboxylic acids is 1. The molecule has 0 unspecified atom stereocenters. The number of amides is 1. The highest BCUT2D eigenvalue weighted by Crippen LogP contribution is 2.19. The maximum absolute atomic E-state index is 11.9. The van der Waals surface area contributed by atoms with Crippen LogP contribution >= 0.6 is 11.6 Å². The van der Waals surface area contributed by atoms with Gasteiger partial charge in [0.1, 0.15) is 5.75 Å². The number of para-hydroxylation sites is 1. The Morgan fingerprint density at radius 1 is 1.17 bits per heavy atom. The molecule has 4 nitrogen and oxygen atoms in total. The molecule has 5 heteroatoms. The minimum Gasteiger partial charge on any atom is -0.496 e. The first-order valence-corrected chi connectivity index (χ1v) is 8.36. The lowest BCUT2D eigenvalue weighted by Crippen LogP contribution is -2.27. The van der Waals surface area contributed by atoms with E-state index in [0.717, 1.165) is 29.0 Å². The molecule has 0 saturated heterocycles. The molecule has 0 aliphatic carbocycles. The number of aryl methyl sites for hydroxylation is 1. The maximum Gasteiger partial charge on any atom is 0.221 e. The average molecular weight is 347 g/mol. The summed E-state index contributed by atoms with van der Waals surface area (Å²) in [5.74, 6) is 0.885. The number of halogens is 1. The molecule has 0 fully saturated rings. The van der Waals surface area contributed by atoms with Gasteiger partial charge in [-0.15, -0.1) is 0 Å². The summed E-state index contributed by atoms with van der Waals surface area (Å²) >= 11 is 5.93. The highest BCUT2D eigenvalue weighted by Gasteiger charge is 2.05. The monoisotopic (exact) mass is 346 g/mol. The van der Waals surface area contributed by atoms with Gasteiger partial charge >= 0.3 is 0 Å². The Kier molecular flexibility index (Phi) is 6.94. The Balaban J connectivity index is 1.70. The largest absolute Gasteiger partial charge is 0.496 e. The van der Waals surface area contributed by atoms with Crippen molar-refractivity contribution in [3.05, 3.63) is 58.6 Å². The molecule has 2 aromatic rings. The third-order valence-corrected chi connectivity index (χ3v) is 4.00. The van der Waals surface area contributed by atoms with Crippen LogP contribution in [0.3, 0.4) is 0 Å². The van der Waals surface area contributed by atoms with Gasteiger partial charge in [-0.3, -0.25) is 4.79 Å². The molecule has 0 spiro atoms. The number of methoxy groups -OCH3 is 1. The summed E-state index contributed by atoms with van der Waals surface area (Å²) in [6.45, 7) is 3.17. The molecule has 0 saturated carbocycles. The fourth-order valence-corrected chi connectivity index (χ4v) is 2.70. The molecule has 0 aromatic heterocycles. The lowest BCUT2D eigenvalue weighted by atomic mass is 10.1. The van der Waals surface area contributed by atoms with Crippen molar-refractivity contribution in [3.8, 4) is 5.75 Å². The van der Waals surface area contributed by atoms with Crippen molar-refractivity contribution < 1.29 is 9.53 Å². The highest BCUT2D eigenvalue weighted by molar-refractivity contribution is 6.30. The predicted molar refractivity (Wildman–Crippen MR) is 99.0 cm³/mol. The SMILES string of the molecule is COc1ccccc1CCNC(=O)CCNc1ccc(Cl)cc1C. The van der Waals surface area contributed by atoms with Crippen molar-refractivity contribution in [1.82, 2.24) is 5.32 Å². The predicted octanol–water partition coefficient (Wildman–Crippen LogP) is 3.82. The molecular formula is C19H23ClN2O2. The van der Waals surface area contributed by atoms with Gasteiger partial charge in [-0.25, -0.2) is 0 Å². The number of hydrogen-bond donors (Lipinski definition) is 2. The van der Waals surface area contributed by atoms with E-state index in [-0.39, 0.29) is 5.91 Å².